The summed E-state index contributed by atoms with van der Waals surface area (Å²) in [5, 5.41) is 3.75. The Hall–Kier alpha value is -0.0400. The van der Waals surface area contributed by atoms with Crippen LogP contribution < -0.4 is 5.32 Å². The number of hydrogen-bond acceptors (Lipinski definition) is 1. The molecule has 0 radical (unpaired) electrons. The fraction of sp³-hybridized carbons (Fsp3) is 1.00. The van der Waals surface area contributed by atoms with Crippen LogP contribution in [0.3, 0.4) is 0 Å². The number of nitrogens with one attached hydrogen (secondary N) is 1. The molecule has 0 bridgehead atoms. The number of hydrogen-bond donors (Lipinski definition) is 1. The molecule has 1 nitrogen and oxygen atoms in total. The van der Waals surface area contributed by atoms with Crippen LogP contribution in [-0.4, -0.2) is 12.1 Å². The third kappa shape index (κ3) is 3.61. The maximum atomic E-state index is 3.75. The Kier molecular flexibility index (Phi) is 4.94. The van der Waals surface area contributed by atoms with Gasteiger partial charge in [0.25, 0.3) is 0 Å². The molecule has 84 valence electrons. The van der Waals surface area contributed by atoms with E-state index in [1.807, 2.05) is 0 Å². The van der Waals surface area contributed by atoms with E-state index in [1.54, 1.807) is 0 Å². The Morgan fingerprint density at radius 1 is 0.929 bits per heavy atom. The van der Waals surface area contributed by atoms with Gasteiger partial charge in [-0.2, -0.15) is 0 Å². The van der Waals surface area contributed by atoms with Crippen LogP contribution >= 0.6 is 0 Å². The predicted molar refractivity (Wildman–Crippen MR) is 63.5 cm³/mol. The van der Waals surface area contributed by atoms with Crippen molar-refractivity contribution >= 4 is 0 Å². The Balaban J connectivity index is 2.47. The van der Waals surface area contributed by atoms with Crippen LogP contribution in [0.5, 0.6) is 0 Å². The summed E-state index contributed by atoms with van der Waals surface area (Å²) in [4.78, 5) is 0. The maximum absolute atomic E-state index is 3.75. The quantitative estimate of drug-likeness (QED) is 0.726. The second-order valence-corrected chi connectivity index (χ2v) is 5.49. The zero-order valence-electron chi connectivity index (χ0n) is 10.3. The molecule has 0 aromatic heterocycles. The molecule has 0 spiro atoms. The monoisotopic (exact) mass is 197 g/mol. The van der Waals surface area contributed by atoms with Crippen molar-refractivity contribution < 1.29 is 0 Å². The Bertz CT molecular complexity index is 145. The highest BCUT2D eigenvalue weighted by Gasteiger charge is 2.25. The van der Waals surface area contributed by atoms with Crippen molar-refractivity contribution in [1.82, 2.24) is 5.32 Å². The zero-order valence-corrected chi connectivity index (χ0v) is 10.3. The molecule has 14 heavy (non-hydrogen) atoms. The van der Waals surface area contributed by atoms with Gasteiger partial charge in [0.15, 0.2) is 0 Å². The first-order valence-corrected chi connectivity index (χ1v) is 6.37. The molecule has 0 amide bonds. The van der Waals surface area contributed by atoms with Crippen LogP contribution in [0, 0.1) is 11.8 Å². The summed E-state index contributed by atoms with van der Waals surface area (Å²) < 4.78 is 0. The lowest BCUT2D eigenvalue weighted by Crippen LogP contribution is -2.44. The highest BCUT2D eigenvalue weighted by Crippen LogP contribution is 2.29. The zero-order chi connectivity index (χ0) is 10.6. The van der Waals surface area contributed by atoms with Gasteiger partial charge in [0.1, 0.15) is 0 Å². The van der Waals surface area contributed by atoms with E-state index in [1.165, 1.54) is 32.1 Å². The smallest absolute Gasteiger partial charge is 0.0121 e. The molecule has 0 saturated heterocycles. The lowest BCUT2D eigenvalue weighted by Gasteiger charge is -2.35. The van der Waals surface area contributed by atoms with Gasteiger partial charge in [-0.15, -0.1) is 0 Å². The van der Waals surface area contributed by atoms with Crippen LogP contribution in [0.25, 0.3) is 0 Å². The second kappa shape index (κ2) is 5.75. The first-order chi connectivity index (χ1) is 6.61. The normalized spacial score (nSPS) is 21.9. The van der Waals surface area contributed by atoms with Gasteiger partial charge >= 0.3 is 0 Å². The minimum atomic E-state index is 0.629. The Morgan fingerprint density at radius 3 is 1.93 bits per heavy atom. The molecule has 0 heterocycles. The van der Waals surface area contributed by atoms with Crippen LogP contribution in [0.15, 0.2) is 0 Å². The first-order valence-electron chi connectivity index (χ1n) is 6.37. The average molecular weight is 197 g/mol. The maximum Gasteiger partial charge on any atom is 0.0121 e. The molecule has 1 rings (SSSR count). The molecular formula is C13H27N. The van der Waals surface area contributed by atoms with Gasteiger partial charge in [-0.3, -0.25) is 0 Å². The molecule has 1 N–H and O–H groups in total. The molecule has 1 heteroatoms. The van der Waals surface area contributed by atoms with Crippen molar-refractivity contribution in [1.29, 1.82) is 0 Å². The molecule has 0 aromatic carbocycles. The minimum Gasteiger partial charge on any atom is -0.311 e. The summed E-state index contributed by atoms with van der Waals surface area (Å²) >= 11 is 0. The van der Waals surface area contributed by atoms with E-state index in [9.17, 15) is 0 Å². The molecular weight excluding hydrogens is 170 g/mol. The topological polar surface area (TPSA) is 12.0 Å². The van der Waals surface area contributed by atoms with Gasteiger partial charge in [-0.25, -0.2) is 0 Å². The van der Waals surface area contributed by atoms with E-state index in [0.717, 1.165) is 17.9 Å². The molecule has 0 aromatic rings. The van der Waals surface area contributed by atoms with E-state index in [2.05, 4.69) is 33.0 Å². The standard InChI is InChI=1S/C13H27N/c1-10(2)13(14-11(3)4)12-8-6-5-7-9-12/h10-14H,5-9H2,1-4H3/t13-/m1/s1. The van der Waals surface area contributed by atoms with Crippen molar-refractivity contribution in [3.8, 4) is 0 Å². The van der Waals surface area contributed by atoms with Crippen molar-refractivity contribution in [3.05, 3.63) is 0 Å². The van der Waals surface area contributed by atoms with Crippen molar-refractivity contribution in [2.45, 2.75) is 71.9 Å². The highest BCUT2D eigenvalue weighted by atomic mass is 14.9. The highest BCUT2D eigenvalue weighted by molar-refractivity contribution is 4.82. The third-order valence-electron chi connectivity index (χ3n) is 3.40. The summed E-state index contributed by atoms with van der Waals surface area (Å²) in [7, 11) is 0. The van der Waals surface area contributed by atoms with E-state index < -0.39 is 0 Å². The van der Waals surface area contributed by atoms with Gasteiger partial charge in [0.2, 0.25) is 0 Å². The molecule has 1 fully saturated rings. The predicted octanol–water partition coefficient (Wildman–Crippen LogP) is 3.59. The lowest BCUT2D eigenvalue weighted by atomic mass is 9.79. The average Bonchev–Trinajstić information content (AvgIpc) is 2.15. The van der Waals surface area contributed by atoms with Gasteiger partial charge in [-0.05, 0) is 24.7 Å². The first kappa shape index (κ1) is 12.0. The van der Waals surface area contributed by atoms with Crippen molar-refractivity contribution in [3.63, 3.8) is 0 Å². The fourth-order valence-electron chi connectivity index (χ4n) is 2.75. The van der Waals surface area contributed by atoms with Gasteiger partial charge in [-0.1, -0.05) is 47.0 Å². The van der Waals surface area contributed by atoms with E-state index in [4.69, 9.17) is 0 Å². The Morgan fingerprint density at radius 2 is 1.50 bits per heavy atom. The van der Waals surface area contributed by atoms with Crippen molar-refractivity contribution in [2.24, 2.45) is 11.8 Å². The lowest BCUT2D eigenvalue weighted by molar-refractivity contribution is 0.213. The van der Waals surface area contributed by atoms with Crippen LogP contribution in [0.4, 0.5) is 0 Å². The summed E-state index contributed by atoms with van der Waals surface area (Å²) in [6, 6.07) is 1.37. The largest absolute Gasteiger partial charge is 0.311 e. The van der Waals surface area contributed by atoms with Crippen LogP contribution in [-0.2, 0) is 0 Å². The van der Waals surface area contributed by atoms with Gasteiger partial charge < -0.3 is 5.32 Å². The second-order valence-electron chi connectivity index (χ2n) is 5.49. The van der Waals surface area contributed by atoms with Gasteiger partial charge in [0, 0.05) is 12.1 Å². The number of rotatable bonds is 4. The summed E-state index contributed by atoms with van der Waals surface area (Å²) in [5.74, 6) is 1.71. The SMILES string of the molecule is CC(C)N[C@H](C(C)C)C1CCCCC1. The molecule has 0 unspecified atom stereocenters. The van der Waals surface area contributed by atoms with Crippen LogP contribution in [0.1, 0.15) is 59.8 Å². The van der Waals surface area contributed by atoms with E-state index >= 15 is 0 Å². The third-order valence-corrected chi connectivity index (χ3v) is 3.40. The van der Waals surface area contributed by atoms with E-state index in [-0.39, 0.29) is 0 Å². The van der Waals surface area contributed by atoms with Crippen molar-refractivity contribution in [2.75, 3.05) is 0 Å². The summed E-state index contributed by atoms with van der Waals surface area (Å²) in [5.41, 5.74) is 0. The molecule has 1 atom stereocenters. The fourth-order valence-corrected chi connectivity index (χ4v) is 2.75. The summed E-state index contributed by atoms with van der Waals surface area (Å²) in [6.07, 6.45) is 7.26. The van der Waals surface area contributed by atoms with E-state index in [0.29, 0.717) is 6.04 Å². The molecule has 1 saturated carbocycles. The molecule has 0 aliphatic heterocycles. The molecule has 1 aliphatic rings. The summed E-state index contributed by atoms with van der Waals surface area (Å²) in [6.45, 7) is 9.24. The van der Waals surface area contributed by atoms with Crippen LogP contribution in [0.2, 0.25) is 0 Å². The van der Waals surface area contributed by atoms with Gasteiger partial charge in [0.05, 0.1) is 0 Å². The minimum absolute atomic E-state index is 0.629. The Labute approximate surface area is 89.7 Å². The molecule has 1 aliphatic carbocycles.